The van der Waals surface area contributed by atoms with Crippen molar-refractivity contribution in [3.63, 3.8) is 0 Å². The van der Waals surface area contributed by atoms with Crippen LogP contribution in [0.2, 0.25) is 0 Å². The predicted octanol–water partition coefficient (Wildman–Crippen LogP) is 3.62. The summed E-state index contributed by atoms with van der Waals surface area (Å²) < 4.78 is 42.0. The van der Waals surface area contributed by atoms with E-state index < -0.39 is 17.3 Å². The predicted molar refractivity (Wildman–Crippen MR) is 46.7 cm³/mol. The molecular formula is C8H12BrF3O. The lowest BCUT2D eigenvalue weighted by molar-refractivity contribution is -0.279. The topological polar surface area (TPSA) is 9.23 Å². The Hall–Kier alpha value is 0.230. The van der Waals surface area contributed by atoms with Crippen molar-refractivity contribution in [3.05, 3.63) is 0 Å². The number of rotatable bonds is 3. The normalized spacial score (nSPS) is 23.1. The van der Waals surface area contributed by atoms with Gasteiger partial charge in [-0.25, -0.2) is 4.39 Å². The summed E-state index contributed by atoms with van der Waals surface area (Å²) in [5, 5.41) is -2.41. The molecule has 1 fully saturated rings. The number of alkyl halides is 4. The Morgan fingerprint density at radius 2 is 1.77 bits per heavy atom. The molecule has 0 spiro atoms. The fourth-order valence-corrected chi connectivity index (χ4v) is 1.56. The van der Waals surface area contributed by atoms with Crippen LogP contribution in [-0.2, 0) is 4.74 Å². The second-order valence-electron chi connectivity index (χ2n) is 3.24. The van der Waals surface area contributed by atoms with Crippen LogP contribution in [-0.4, -0.2) is 17.3 Å². The van der Waals surface area contributed by atoms with Gasteiger partial charge in [0.1, 0.15) is 0 Å². The maximum Gasteiger partial charge on any atom is 0.397 e. The van der Waals surface area contributed by atoms with Crippen LogP contribution in [0.15, 0.2) is 0 Å². The summed E-state index contributed by atoms with van der Waals surface area (Å²) in [5.41, 5.74) is 0. The van der Waals surface area contributed by atoms with E-state index in [-0.39, 0.29) is 0 Å². The van der Waals surface area contributed by atoms with E-state index in [1.54, 1.807) is 0 Å². The summed E-state index contributed by atoms with van der Waals surface area (Å²) in [4.78, 5) is 0. The van der Waals surface area contributed by atoms with Crippen molar-refractivity contribution in [3.8, 4) is 0 Å². The van der Waals surface area contributed by atoms with E-state index in [1.807, 2.05) is 0 Å². The molecule has 1 nitrogen and oxygen atoms in total. The highest BCUT2D eigenvalue weighted by Gasteiger charge is 2.42. The monoisotopic (exact) mass is 260 g/mol. The highest BCUT2D eigenvalue weighted by molar-refractivity contribution is 9.09. The molecule has 0 N–H and O–H groups in total. The van der Waals surface area contributed by atoms with Crippen LogP contribution in [0.25, 0.3) is 0 Å². The largest absolute Gasteiger partial charge is 0.397 e. The minimum absolute atomic E-state index is 0.487. The van der Waals surface area contributed by atoms with Crippen molar-refractivity contribution >= 4 is 15.9 Å². The Bertz CT molecular complexity index is 157. The standard InChI is InChI=1S/C8H12BrF3O/c9-7(10)8(11,12)13-6-4-2-1-3-5-6/h6-7H,1-5H2. The van der Waals surface area contributed by atoms with Crippen LogP contribution < -0.4 is 0 Å². The Balaban J connectivity index is 2.37. The van der Waals surface area contributed by atoms with Gasteiger partial charge in [0.2, 0.25) is 5.08 Å². The van der Waals surface area contributed by atoms with Crippen LogP contribution in [0.3, 0.4) is 0 Å². The minimum atomic E-state index is -3.69. The first-order chi connectivity index (χ1) is 6.02. The van der Waals surface area contributed by atoms with Crippen molar-refractivity contribution in [2.45, 2.75) is 49.4 Å². The number of halogens is 4. The Labute approximate surface area is 83.8 Å². The quantitative estimate of drug-likeness (QED) is 0.705. The highest BCUT2D eigenvalue weighted by atomic mass is 79.9. The summed E-state index contributed by atoms with van der Waals surface area (Å²) in [5.74, 6) is 0. The van der Waals surface area contributed by atoms with Crippen LogP contribution in [0, 0.1) is 0 Å². The number of ether oxygens (including phenoxy) is 1. The second-order valence-corrected chi connectivity index (χ2v) is 4.04. The van der Waals surface area contributed by atoms with Gasteiger partial charge in [-0.3, -0.25) is 0 Å². The molecule has 13 heavy (non-hydrogen) atoms. The summed E-state index contributed by atoms with van der Waals surface area (Å²) >= 11 is 2.18. The molecule has 1 unspecified atom stereocenters. The van der Waals surface area contributed by atoms with Crippen LogP contribution in [0.1, 0.15) is 32.1 Å². The zero-order chi connectivity index (χ0) is 9.90. The van der Waals surface area contributed by atoms with Gasteiger partial charge in [-0.1, -0.05) is 19.3 Å². The van der Waals surface area contributed by atoms with Crippen LogP contribution in [0.4, 0.5) is 13.2 Å². The lowest BCUT2D eigenvalue weighted by atomic mass is 9.98. The molecule has 1 atom stereocenters. The Kier molecular flexibility index (Phi) is 4.04. The van der Waals surface area contributed by atoms with E-state index in [0.717, 1.165) is 19.3 Å². The zero-order valence-corrected chi connectivity index (χ0v) is 8.70. The van der Waals surface area contributed by atoms with Gasteiger partial charge in [-0.2, -0.15) is 8.78 Å². The molecule has 5 heteroatoms. The molecule has 1 aliphatic carbocycles. The minimum Gasteiger partial charge on any atom is -0.314 e. The van der Waals surface area contributed by atoms with Crippen molar-refractivity contribution in [2.24, 2.45) is 0 Å². The van der Waals surface area contributed by atoms with E-state index >= 15 is 0 Å². The lowest BCUT2D eigenvalue weighted by Gasteiger charge is -2.27. The van der Waals surface area contributed by atoms with E-state index in [0.29, 0.717) is 12.8 Å². The third-order valence-electron chi connectivity index (χ3n) is 2.13. The summed E-state index contributed by atoms with van der Waals surface area (Å²) in [6, 6.07) is 0. The first kappa shape index (κ1) is 11.3. The SMILES string of the molecule is FC(Br)C(F)(F)OC1CCCCC1. The molecule has 1 aliphatic rings. The van der Waals surface area contributed by atoms with Gasteiger partial charge in [-0.05, 0) is 28.8 Å². The van der Waals surface area contributed by atoms with Gasteiger partial charge in [0.25, 0.3) is 0 Å². The van der Waals surface area contributed by atoms with E-state index in [4.69, 9.17) is 0 Å². The van der Waals surface area contributed by atoms with Gasteiger partial charge in [0, 0.05) is 0 Å². The zero-order valence-electron chi connectivity index (χ0n) is 7.11. The number of hydrogen-bond donors (Lipinski definition) is 0. The number of hydrogen-bond acceptors (Lipinski definition) is 1. The van der Waals surface area contributed by atoms with Gasteiger partial charge in [-0.15, -0.1) is 0 Å². The van der Waals surface area contributed by atoms with E-state index in [1.165, 1.54) is 0 Å². The Morgan fingerprint density at radius 1 is 1.23 bits per heavy atom. The molecule has 0 amide bonds. The summed E-state index contributed by atoms with van der Waals surface area (Å²) in [6.07, 6.45) is -0.134. The molecule has 0 aromatic carbocycles. The molecule has 0 aliphatic heterocycles. The molecule has 78 valence electrons. The van der Waals surface area contributed by atoms with E-state index in [9.17, 15) is 13.2 Å². The van der Waals surface area contributed by atoms with Crippen molar-refractivity contribution in [2.75, 3.05) is 0 Å². The summed E-state index contributed by atoms with van der Waals surface area (Å²) in [7, 11) is 0. The lowest BCUT2D eigenvalue weighted by Crippen LogP contribution is -2.34. The maximum atomic E-state index is 12.7. The third kappa shape index (κ3) is 3.46. The fraction of sp³-hybridized carbons (Fsp3) is 1.00. The molecule has 0 aromatic heterocycles. The molecule has 0 radical (unpaired) electrons. The highest BCUT2D eigenvalue weighted by Crippen LogP contribution is 2.32. The van der Waals surface area contributed by atoms with Gasteiger partial charge >= 0.3 is 6.11 Å². The molecule has 0 heterocycles. The van der Waals surface area contributed by atoms with Crippen molar-refractivity contribution in [1.82, 2.24) is 0 Å². The second kappa shape index (κ2) is 4.64. The maximum absolute atomic E-state index is 12.7. The first-order valence-electron chi connectivity index (χ1n) is 4.36. The summed E-state index contributed by atoms with van der Waals surface area (Å²) in [6.45, 7) is 0. The van der Waals surface area contributed by atoms with Crippen molar-refractivity contribution < 1.29 is 17.9 Å². The first-order valence-corrected chi connectivity index (χ1v) is 5.28. The van der Waals surface area contributed by atoms with Crippen LogP contribution >= 0.6 is 15.9 Å². The van der Waals surface area contributed by atoms with Gasteiger partial charge in [0.15, 0.2) is 0 Å². The molecule has 0 bridgehead atoms. The van der Waals surface area contributed by atoms with Gasteiger partial charge in [0.05, 0.1) is 6.10 Å². The smallest absolute Gasteiger partial charge is 0.314 e. The van der Waals surface area contributed by atoms with Crippen LogP contribution in [0.5, 0.6) is 0 Å². The van der Waals surface area contributed by atoms with Crippen molar-refractivity contribution in [1.29, 1.82) is 0 Å². The average molecular weight is 261 g/mol. The molecule has 0 aromatic rings. The van der Waals surface area contributed by atoms with Gasteiger partial charge < -0.3 is 4.74 Å². The third-order valence-corrected chi connectivity index (χ3v) is 2.66. The average Bonchev–Trinajstić information content (AvgIpc) is 2.05. The van der Waals surface area contributed by atoms with E-state index in [2.05, 4.69) is 20.7 Å². The molecular weight excluding hydrogens is 249 g/mol. The molecule has 0 saturated heterocycles. The molecule has 1 rings (SSSR count). The Morgan fingerprint density at radius 3 is 2.23 bits per heavy atom. The fourth-order valence-electron chi connectivity index (χ4n) is 1.46. The molecule has 1 saturated carbocycles.